The van der Waals surface area contributed by atoms with Crippen LogP contribution in [0.5, 0.6) is 0 Å². The molecule has 0 unspecified atom stereocenters. The zero-order chi connectivity index (χ0) is 21.0. The molecule has 0 radical (unpaired) electrons. The second-order valence-corrected chi connectivity index (χ2v) is 6.90. The van der Waals surface area contributed by atoms with E-state index < -0.39 is 0 Å². The van der Waals surface area contributed by atoms with Crippen LogP contribution in [0.3, 0.4) is 0 Å². The van der Waals surface area contributed by atoms with E-state index in [9.17, 15) is 14.4 Å². The molecular formula is C21H19ClN4O3. The quantitative estimate of drug-likeness (QED) is 0.673. The Kier molecular flexibility index (Phi) is 6.09. The van der Waals surface area contributed by atoms with Crippen LogP contribution in [0.15, 0.2) is 59.4 Å². The summed E-state index contributed by atoms with van der Waals surface area (Å²) in [6, 6.07) is 15.0. The molecule has 148 valence electrons. The van der Waals surface area contributed by atoms with Crippen molar-refractivity contribution in [3.63, 3.8) is 0 Å². The Hall–Kier alpha value is -3.45. The van der Waals surface area contributed by atoms with Gasteiger partial charge in [0.05, 0.1) is 0 Å². The molecule has 0 fully saturated rings. The third-order valence-corrected chi connectivity index (χ3v) is 4.24. The summed E-state index contributed by atoms with van der Waals surface area (Å²) in [5.74, 6) is -0.191. The van der Waals surface area contributed by atoms with Gasteiger partial charge in [0.15, 0.2) is 0 Å². The molecule has 1 aromatic heterocycles. The highest BCUT2D eigenvalue weighted by Crippen LogP contribution is 2.21. The fourth-order valence-electron chi connectivity index (χ4n) is 2.81. The highest BCUT2D eigenvalue weighted by atomic mass is 35.5. The standard InChI is InChI=1S/C21H19ClN4O3/c1-13-10-20(29)26(21(23-13)15-4-3-5-16(22)11-15)12-19(28)25-18-8-6-17(7-9-18)24-14(2)27/h3-11H,12H2,1-2H3,(H,24,27)(H,25,28). The van der Waals surface area contributed by atoms with E-state index in [0.29, 0.717) is 33.5 Å². The minimum absolute atomic E-state index is 0.179. The van der Waals surface area contributed by atoms with Crippen LogP contribution in [0, 0.1) is 6.92 Å². The largest absolute Gasteiger partial charge is 0.326 e. The molecule has 0 aliphatic carbocycles. The van der Waals surface area contributed by atoms with Crippen LogP contribution >= 0.6 is 11.6 Å². The van der Waals surface area contributed by atoms with Crippen molar-refractivity contribution in [3.05, 3.63) is 75.7 Å². The fraction of sp³-hybridized carbons (Fsp3) is 0.143. The molecule has 0 saturated carbocycles. The molecule has 2 aromatic carbocycles. The van der Waals surface area contributed by atoms with Crippen LogP contribution in [0.4, 0.5) is 11.4 Å². The van der Waals surface area contributed by atoms with Gasteiger partial charge in [-0.1, -0.05) is 23.7 Å². The molecule has 3 aromatic rings. The summed E-state index contributed by atoms with van der Waals surface area (Å²) in [6.45, 7) is 2.93. The lowest BCUT2D eigenvalue weighted by Crippen LogP contribution is -2.29. The van der Waals surface area contributed by atoms with Crippen molar-refractivity contribution in [1.29, 1.82) is 0 Å². The number of carbonyl (C=O) groups excluding carboxylic acids is 2. The average molecular weight is 411 g/mol. The highest BCUT2D eigenvalue weighted by molar-refractivity contribution is 6.30. The lowest BCUT2D eigenvalue weighted by molar-refractivity contribution is -0.117. The number of rotatable bonds is 5. The van der Waals surface area contributed by atoms with Gasteiger partial charge in [-0.3, -0.25) is 19.0 Å². The molecule has 8 heteroatoms. The Bertz CT molecular complexity index is 1120. The monoisotopic (exact) mass is 410 g/mol. The molecule has 7 nitrogen and oxygen atoms in total. The molecule has 29 heavy (non-hydrogen) atoms. The summed E-state index contributed by atoms with van der Waals surface area (Å²) in [7, 11) is 0. The molecule has 0 bridgehead atoms. The van der Waals surface area contributed by atoms with Gasteiger partial charge in [0.25, 0.3) is 5.56 Å². The van der Waals surface area contributed by atoms with E-state index in [1.165, 1.54) is 17.6 Å². The first kappa shape index (κ1) is 20.3. The SMILES string of the molecule is CC(=O)Nc1ccc(NC(=O)Cn2c(-c3cccc(Cl)c3)nc(C)cc2=O)cc1. The third-order valence-electron chi connectivity index (χ3n) is 4.01. The van der Waals surface area contributed by atoms with Gasteiger partial charge in [0.2, 0.25) is 11.8 Å². The van der Waals surface area contributed by atoms with Gasteiger partial charge >= 0.3 is 0 Å². The van der Waals surface area contributed by atoms with Crippen LogP contribution in [-0.2, 0) is 16.1 Å². The summed E-state index contributed by atoms with van der Waals surface area (Å²) < 4.78 is 1.31. The Morgan fingerprint density at radius 2 is 1.69 bits per heavy atom. The number of nitrogens with one attached hydrogen (secondary N) is 2. The van der Waals surface area contributed by atoms with Gasteiger partial charge in [-0.15, -0.1) is 0 Å². The van der Waals surface area contributed by atoms with Crippen molar-refractivity contribution < 1.29 is 9.59 Å². The Labute approximate surface area is 172 Å². The van der Waals surface area contributed by atoms with Gasteiger partial charge in [0.1, 0.15) is 12.4 Å². The number of benzene rings is 2. The number of halogens is 1. The Morgan fingerprint density at radius 1 is 1.03 bits per heavy atom. The second kappa shape index (κ2) is 8.70. The predicted octanol–water partition coefficient (Wildman–Crippen LogP) is 3.47. The van der Waals surface area contributed by atoms with Crippen molar-refractivity contribution in [2.75, 3.05) is 10.6 Å². The van der Waals surface area contributed by atoms with Crippen molar-refractivity contribution in [2.24, 2.45) is 0 Å². The number of aryl methyl sites for hydroxylation is 1. The third kappa shape index (κ3) is 5.30. The number of aromatic nitrogens is 2. The molecule has 1 heterocycles. The number of amides is 2. The summed E-state index contributed by atoms with van der Waals surface area (Å²) >= 11 is 6.06. The number of nitrogens with zero attached hydrogens (tertiary/aromatic N) is 2. The first-order valence-electron chi connectivity index (χ1n) is 8.84. The molecule has 0 atom stereocenters. The van der Waals surface area contributed by atoms with Crippen LogP contribution in [0.1, 0.15) is 12.6 Å². The van der Waals surface area contributed by atoms with Crippen molar-refractivity contribution in [3.8, 4) is 11.4 Å². The minimum atomic E-state index is -0.381. The summed E-state index contributed by atoms with van der Waals surface area (Å²) in [5.41, 5.74) is 2.03. The molecular weight excluding hydrogens is 392 g/mol. The topological polar surface area (TPSA) is 93.1 Å². The summed E-state index contributed by atoms with van der Waals surface area (Å²) in [4.78, 5) is 40.6. The van der Waals surface area contributed by atoms with Crippen molar-refractivity contribution >= 4 is 34.8 Å². The number of hydrogen-bond donors (Lipinski definition) is 2. The number of anilines is 2. The molecule has 0 aliphatic rings. The average Bonchev–Trinajstić information content (AvgIpc) is 2.65. The van der Waals surface area contributed by atoms with Gasteiger partial charge in [-0.2, -0.15) is 0 Å². The van der Waals surface area contributed by atoms with Crippen molar-refractivity contribution in [1.82, 2.24) is 9.55 Å². The smallest absolute Gasteiger partial charge is 0.254 e. The minimum Gasteiger partial charge on any atom is -0.326 e. The molecule has 2 N–H and O–H groups in total. The first-order valence-corrected chi connectivity index (χ1v) is 9.21. The van der Waals surface area contributed by atoms with E-state index in [4.69, 9.17) is 11.6 Å². The van der Waals surface area contributed by atoms with E-state index in [1.807, 2.05) is 0 Å². The highest BCUT2D eigenvalue weighted by Gasteiger charge is 2.14. The Balaban J connectivity index is 1.83. The van der Waals surface area contributed by atoms with Gasteiger partial charge in [-0.05, 0) is 43.3 Å². The lowest BCUT2D eigenvalue weighted by atomic mass is 10.2. The zero-order valence-electron chi connectivity index (χ0n) is 15.9. The predicted molar refractivity (Wildman–Crippen MR) is 113 cm³/mol. The molecule has 0 saturated heterocycles. The van der Waals surface area contributed by atoms with E-state index in [0.717, 1.165) is 0 Å². The molecule has 2 amide bonds. The maximum Gasteiger partial charge on any atom is 0.254 e. The van der Waals surface area contributed by atoms with Crippen LogP contribution in [0.25, 0.3) is 11.4 Å². The van der Waals surface area contributed by atoms with Crippen LogP contribution in [0.2, 0.25) is 5.02 Å². The van der Waals surface area contributed by atoms with Crippen molar-refractivity contribution in [2.45, 2.75) is 20.4 Å². The zero-order valence-corrected chi connectivity index (χ0v) is 16.7. The first-order chi connectivity index (χ1) is 13.8. The normalized spacial score (nSPS) is 10.4. The van der Waals surface area contributed by atoms with Gasteiger partial charge in [0, 0.05) is 40.6 Å². The summed E-state index contributed by atoms with van der Waals surface area (Å²) in [5, 5.41) is 5.90. The Morgan fingerprint density at radius 3 is 2.31 bits per heavy atom. The summed E-state index contributed by atoms with van der Waals surface area (Å²) in [6.07, 6.45) is 0. The number of hydrogen-bond acceptors (Lipinski definition) is 4. The maximum atomic E-state index is 12.5. The van der Waals surface area contributed by atoms with E-state index in [1.54, 1.807) is 55.5 Å². The van der Waals surface area contributed by atoms with Gasteiger partial charge in [-0.25, -0.2) is 4.98 Å². The molecule has 3 rings (SSSR count). The molecule has 0 aliphatic heterocycles. The fourth-order valence-corrected chi connectivity index (χ4v) is 3.00. The van der Waals surface area contributed by atoms with E-state index in [-0.39, 0.29) is 23.9 Å². The van der Waals surface area contributed by atoms with E-state index >= 15 is 0 Å². The molecule has 0 spiro atoms. The van der Waals surface area contributed by atoms with Crippen LogP contribution < -0.4 is 16.2 Å². The number of carbonyl (C=O) groups is 2. The van der Waals surface area contributed by atoms with Crippen LogP contribution in [-0.4, -0.2) is 21.4 Å². The van der Waals surface area contributed by atoms with Gasteiger partial charge < -0.3 is 10.6 Å². The maximum absolute atomic E-state index is 12.5. The van der Waals surface area contributed by atoms with E-state index in [2.05, 4.69) is 15.6 Å². The second-order valence-electron chi connectivity index (χ2n) is 6.46. The lowest BCUT2D eigenvalue weighted by Gasteiger charge is -2.13.